The van der Waals surface area contributed by atoms with Crippen molar-refractivity contribution in [3.8, 4) is 5.75 Å². The standard InChI is InChI=1S/C17H23N5O2S.HI/c1-4-18-17(20-10-16-21-11(2)12(3)25-16)19-9-15(24)22-13-5-7-14(23)8-6-13;/h5-8,23H,4,9-10H2,1-3H3,(H,22,24)(H2,18,19,20);1H. The summed E-state index contributed by atoms with van der Waals surface area (Å²) >= 11 is 1.65. The van der Waals surface area contributed by atoms with Crippen LogP contribution in [0.25, 0.3) is 0 Å². The molecule has 2 rings (SSSR count). The number of rotatable bonds is 6. The predicted octanol–water partition coefficient (Wildman–Crippen LogP) is 2.78. The summed E-state index contributed by atoms with van der Waals surface area (Å²) in [5, 5.41) is 19.2. The third-order valence-corrected chi connectivity index (χ3v) is 4.43. The molecule has 7 nitrogen and oxygen atoms in total. The maximum absolute atomic E-state index is 12.0. The van der Waals surface area contributed by atoms with Gasteiger partial charge in [-0.2, -0.15) is 0 Å². The van der Waals surface area contributed by atoms with Crippen LogP contribution in [0.5, 0.6) is 5.75 Å². The third-order valence-electron chi connectivity index (χ3n) is 3.36. The van der Waals surface area contributed by atoms with Crippen molar-refractivity contribution in [2.75, 3.05) is 18.4 Å². The Kier molecular flexibility index (Phi) is 9.35. The first-order chi connectivity index (χ1) is 12.0. The number of carbonyl (C=O) groups excluding carboxylic acids is 1. The summed E-state index contributed by atoms with van der Waals surface area (Å²) in [4.78, 5) is 21.9. The number of anilines is 1. The Bertz CT molecular complexity index is 727. The highest BCUT2D eigenvalue weighted by molar-refractivity contribution is 14.0. The second kappa shape index (κ2) is 11.0. The minimum atomic E-state index is -0.233. The number of hydrogen-bond acceptors (Lipinski definition) is 5. The van der Waals surface area contributed by atoms with Gasteiger partial charge in [0.2, 0.25) is 5.91 Å². The lowest BCUT2D eigenvalue weighted by atomic mass is 10.3. The van der Waals surface area contributed by atoms with Crippen molar-refractivity contribution in [3.05, 3.63) is 39.8 Å². The van der Waals surface area contributed by atoms with Gasteiger partial charge in [-0.3, -0.25) is 4.79 Å². The Balaban J connectivity index is 0.00000338. The number of amides is 1. The van der Waals surface area contributed by atoms with Crippen LogP contribution in [0.1, 0.15) is 22.5 Å². The molecule has 0 unspecified atom stereocenters. The molecule has 0 bridgehead atoms. The van der Waals surface area contributed by atoms with E-state index in [0.29, 0.717) is 24.7 Å². The molecule has 1 heterocycles. The van der Waals surface area contributed by atoms with E-state index in [-0.39, 0.29) is 42.2 Å². The van der Waals surface area contributed by atoms with E-state index in [1.54, 1.807) is 23.5 Å². The highest BCUT2D eigenvalue weighted by Gasteiger charge is 2.06. The van der Waals surface area contributed by atoms with E-state index in [2.05, 4.69) is 25.9 Å². The first kappa shape index (κ1) is 22.2. The molecule has 0 radical (unpaired) electrons. The largest absolute Gasteiger partial charge is 0.508 e. The number of aliphatic imine (C=N–C) groups is 1. The molecule has 142 valence electrons. The molecular formula is C17H24IN5O2S. The SMILES string of the molecule is CCNC(=NCC(=O)Nc1ccc(O)cc1)NCc1nc(C)c(C)s1.I. The molecule has 0 spiro atoms. The van der Waals surface area contributed by atoms with Crippen LogP contribution in [-0.2, 0) is 11.3 Å². The zero-order valence-corrected chi connectivity index (χ0v) is 18.1. The number of aromatic nitrogens is 1. The van der Waals surface area contributed by atoms with Crippen LogP contribution in [0.3, 0.4) is 0 Å². The molecule has 9 heteroatoms. The zero-order valence-electron chi connectivity index (χ0n) is 15.0. The Morgan fingerprint density at radius 3 is 2.50 bits per heavy atom. The van der Waals surface area contributed by atoms with Gasteiger partial charge in [0, 0.05) is 17.1 Å². The normalized spacial score (nSPS) is 10.8. The van der Waals surface area contributed by atoms with E-state index in [1.165, 1.54) is 17.0 Å². The average Bonchev–Trinajstić information content (AvgIpc) is 2.90. The van der Waals surface area contributed by atoms with Gasteiger partial charge in [-0.1, -0.05) is 0 Å². The van der Waals surface area contributed by atoms with Gasteiger partial charge in [0.15, 0.2) is 5.96 Å². The van der Waals surface area contributed by atoms with Crippen molar-refractivity contribution in [2.24, 2.45) is 4.99 Å². The Morgan fingerprint density at radius 2 is 1.92 bits per heavy atom. The second-order valence-electron chi connectivity index (χ2n) is 5.39. The Labute approximate surface area is 174 Å². The molecule has 1 aromatic carbocycles. The number of halogens is 1. The maximum Gasteiger partial charge on any atom is 0.246 e. The number of benzene rings is 1. The summed E-state index contributed by atoms with van der Waals surface area (Å²) in [5.74, 6) is 0.486. The summed E-state index contributed by atoms with van der Waals surface area (Å²) in [6.07, 6.45) is 0. The summed E-state index contributed by atoms with van der Waals surface area (Å²) in [5.41, 5.74) is 1.65. The lowest BCUT2D eigenvalue weighted by molar-refractivity contribution is -0.114. The van der Waals surface area contributed by atoms with Crippen LogP contribution < -0.4 is 16.0 Å². The van der Waals surface area contributed by atoms with E-state index >= 15 is 0 Å². The van der Waals surface area contributed by atoms with Crippen LogP contribution in [0.15, 0.2) is 29.3 Å². The summed E-state index contributed by atoms with van der Waals surface area (Å²) in [7, 11) is 0. The smallest absolute Gasteiger partial charge is 0.246 e. The Hall–Kier alpha value is -1.88. The van der Waals surface area contributed by atoms with Gasteiger partial charge in [0.25, 0.3) is 0 Å². The fraction of sp³-hybridized carbons (Fsp3) is 0.353. The number of nitrogens with zero attached hydrogens (tertiary/aromatic N) is 2. The van der Waals surface area contributed by atoms with Crippen LogP contribution in [0, 0.1) is 13.8 Å². The van der Waals surface area contributed by atoms with Crippen molar-refractivity contribution in [1.82, 2.24) is 15.6 Å². The predicted molar refractivity (Wildman–Crippen MR) is 117 cm³/mol. The molecule has 26 heavy (non-hydrogen) atoms. The van der Waals surface area contributed by atoms with E-state index in [0.717, 1.165) is 10.7 Å². The fourth-order valence-corrected chi connectivity index (χ4v) is 2.89. The molecule has 0 saturated carbocycles. The Morgan fingerprint density at radius 1 is 1.23 bits per heavy atom. The molecule has 1 aromatic heterocycles. The lowest BCUT2D eigenvalue weighted by Crippen LogP contribution is -2.37. The van der Waals surface area contributed by atoms with Gasteiger partial charge in [-0.25, -0.2) is 9.98 Å². The van der Waals surface area contributed by atoms with Gasteiger partial charge in [0.1, 0.15) is 17.3 Å². The molecule has 0 saturated heterocycles. The van der Waals surface area contributed by atoms with Crippen molar-refractivity contribution in [2.45, 2.75) is 27.3 Å². The number of thiazole rings is 1. The first-order valence-corrected chi connectivity index (χ1v) is 8.83. The fourth-order valence-electron chi connectivity index (χ4n) is 2.01. The average molecular weight is 489 g/mol. The number of aromatic hydroxyl groups is 1. The summed E-state index contributed by atoms with van der Waals surface area (Å²) < 4.78 is 0. The quantitative estimate of drug-likeness (QED) is 0.217. The van der Waals surface area contributed by atoms with Crippen molar-refractivity contribution in [1.29, 1.82) is 0 Å². The van der Waals surface area contributed by atoms with Gasteiger partial charge in [-0.15, -0.1) is 35.3 Å². The van der Waals surface area contributed by atoms with E-state index in [9.17, 15) is 9.90 Å². The van der Waals surface area contributed by atoms with Crippen molar-refractivity contribution >= 4 is 52.9 Å². The van der Waals surface area contributed by atoms with Crippen LogP contribution in [0.4, 0.5) is 5.69 Å². The number of phenolic OH excluding ortho intramolecular Hbond substituents is 1. The number of carbonyl (C=O) groups is 1. The topological polar surface area (TPSA) is 98.6 Å². The number of nitrogens with one attached hydrogen (secondary N) is 3. The molecule has 1 amide bonds. The molecule has 0 aliphatic carbocycles. The minimum Gasteiger partial charge on any atom is -0.508 e. The van der Waals surface area contributed by atoms with Gasteiger partial charge in [0.05, 0.1) is 12.2 Å². The number of phenols is 1. The first-order valence-electron chi connectivity index (χ1n) is 8.02. The van der Waals surface area contributed by atoms with Gasteiger partial charge in [-0.05, 0) is 45.0 Å². The molecule has 0 atom stereocenters. The zero-order chi connectivity index (χ0) is 18.2. The summed E-state index contributed by atoms with van der Waals surface area (Å²) in [6.45, 7) is 7.25. The molecular weight excluding hydrogens is 465 g/mol. The molecule has 4 N–H and O–H groups in total. The number of guanidine groups is 1. The van der Waals surface area contributed by atoms with Crippen LogP contribution in [0.2, 0.25) is 0 Å². The number of aryl methyl sites for hydroxylation is 2. The van der Waals surface area contributed by atoms with Gasteiger partial charge >= 0.3 is 0 Å². The maximum atomic E-state index is 12.0. The molecule has 0 aliphatic heterocycles. The van der Waals surface area contributed by atoms with Crippen LogP contribution in [-0.4, -0.2) is 35.0 Å². The molecule has 2 aromatic rings. The molecule has 0 aliphatic rings. The molecule has 0 fully saturated rings. The van der Waals surface area contributed by atoms with Gasteiger partial charge < -0.3 is 21.1 Å². The third kappa shape index (κ3) is 7.16. The second-order valence-corrected chi connectivity index (χ2v) is 6.68. The van der Waals surface area contributed by atoms with Crippen molar-refractivity contribution < 1.29 is 9.90 Å². The van der Waals surface area contributed by atoms with E-state index in [1.807, 2.05) is 20.8 Å². The lowest BCUT2D eigenvalue weighted by Gasteiger charge is -2.10. The highest BCUT2D eigenvalue weighted by atomic mass is 127. The highest BCUT2D eigenvalue weighted by Crippen LogP contribution is 2.16. The number of hydrogen-bond donors (Lipinski definition) is 4. The van der Waals surface area contributed by atoms with E-state index < -0.39 is 0 Å². The summed E-state index contributed by atoms with van der Waals surface area (Å²) in [6, 6.07) is 6.30. The van der Waals surface area contributed by atoms with E-state index in [4.69, 9.17) is 0 Å². The van der Waals surface area contributed by atoms with Crippen LogP contribution >= 0.6 is 35.3 Å². The monoisotopic (exact) mass is 489 g/mol. The minimum absolute atomic E-state index is 0. The van der Waals surface area contributed by atoms with Crippen molar-refractivity contribution in [3.63, 3.8) is 0 Å².